The van der Waals surface area contributed by atoms with E-state index in [-0.39, 0.29) is 24.5 Å². The first-order chi connectivity index (χ1) is 22.5. The average molecular weight is 650 g/mol. The molecule has 0 bridgehead atoms. The maximum Gasteiger partial charge on any atom is 0.322 e. The first kappa shape index (κ1) is 44.1. The second-order valence-corrected chi connectivity index (χ2v) is 13.5. The summed E-state index contributed by atoms with van der Waals surface area (Å²) < 4.78 is 5.85. The minimum atomic E-state index is -1.03. The molecule has 0 spiro atoms. The van der Waals surface area contributed by atoms with E-state index in [0.29, 0.717) is 12.8 Å². The summed E-state index contributed by atoms with van der Waals surface area (Å²) >= 11 is 0. The molecule has 0 fully saturated rings. The van der Waals surface area contributed by atoms with Crippen LogP contribution in [0.3, 0.4) is 0 Å². The number of carbonyl (C=O) groups excluding carboxylic acids is 2. The highest BCUT2D eigenvalue weighted by Gasteiger charge is 2.12. The molecule has 1 amide bonds. The number of carboxylic acid groups (broad SMARTS) is 1. The zero-order valence-electron chi connectivity index (χ0n) is 30.4. The molecule has 270 valence electrons. The van der Waals surface area contributed by atoms with Gasteiger partial charge in [-0.15, -0.1) is 0 Å². The van der Waals surface area contributed by atoms with Gasteiger partial charge in [-0.25, -0.2) is 0 Å². The van der Waals surface area contributed by atoms with Crippen molar-refractivity contribution < 1.29 is 24.2 Å². The Kier molecular flexibility index (Phi) is 34.5. The fourth-order valence-electron chi connectivity index (χ4n) is 5.95. The van der Waals surface area contributed by atoms with E-state index in [4.69, 9.17) is 9.84 Å². The van der Waals surface area contributed by atoms with Crippen LogP contribution < -0.4 is 5.32 Å². The third-order valence-corrected chi connectivity index (χ3v) is 8.92. The molecule has 0 aliphatic heterocycles. The summed E-state index contributed by atoms with van der Waals surface area (Å²) in [5.74, 6) is -1.32. The monoisotopic (exact) mass is 650 g/mol. The van der Waals surface area contributed by atoms with E-state index < -0.39 is 5.97 Å². The molecule has 6 heteroatoms. The van der Waals surface area contributed by atoms with E-state index in [1.54, 1.807) is 0 Å². The lowest BCUT2D eigenvalue weighted by atomic mass is 10.0. The van der Waals surface area contributed by atoms with Crippen molar-refractivity contribution in [2.45, 2.75) is 219 Å². The molecule has 0 radical (unpaired) electrons. The Morgan fingerprint density at radius 1 is 0.565 bits per heavy atom. The molecule has 0 aromatic heterocycles. The molecule has 6 nitrogen and oxygen atoms in total. The maximum atomic E-state index is 12.6. The molecule has 0 aromatic carbocycles. The summed E-state index contributed by atoms with van der Waals surface area (Å²) in [7, 11) is 0. The van der Waals surface area contributed by atoms with Crippen molar-refractivity contribution in [2.24, 2.45) is 0 Å². The Hall–Kier alpha value is -1.85. The SMILES string of the molecule is CCCCC/C=C\C(CCCCCCC(=O)NCC(=O)O)OC(=O)CCCCCCCCCCCCCCCCCCCCCC. The van der Waals surface area contributed by atoms with Gasteiger partial charge in [0.1, 0.15) is 12.6 Å². The predicted molar refractivity (Wildman–Crippen MR) is 194 cm³/mol. The van der Waals surface area contributed by atoms with Gasteiger partial charge in [-0.3, -0.25) is 14.4 Å². The van der Waals surface area contributed by atoms with Gasteiger partial charge in [0.25, 0.3) is 0 Å². The van der Waals surface area contributed by atoms with Crippen molar-refractivity contribution in [2.75, 3.05) is 6.54 Å². The quantitative estimate of drug-likeness (QED) is 0.0400. The Balaban J connectivity index is 3.82. The molecular formula is C40H75NO5. The molecule has 0 rings (SSSR count). The lowest BCUT2D eigenvalue weighted by Crippen LogP contribution is -2.28. The topological polar surface area (TPSA) is 92.7 Å². The van der Waals surface area contributed by atoms with Crippen molar-refractivity contribution in [3.63, 3.8) is 0 Å². The summed E-state index contributed by atoms with van der Waals surface area (Å²) in [4.78, 5) is 34.7. The molecule has 0 heterocycles. The Bertz CT molecular complexity index is 722. The van der Waals surface area contributed by atoms with Gasteiger partial charge in [0.2, 0.25) is 5.91 Å². The molecule has 0 aliphatic carbocycles. The van der Waals surface area contributed by atoms with Crippen molar-refractivity contribution >= 4 is 17.8 Å². The number of esters is 1. The average Bonchev–Trinajstić information content (AvgIpc) is 3.04. The summed E-state index contributed by atoms with van der Waals surface area (Å²) in [6, 6.07) is 0. The van der Waals surface area contributed by atoms with E-state index in [1.165, 1.54) is 128 Å². The van der Waals surface area contributed by atoms with Crippen LogP contribution in [0.1, 0.15) is 213 Å². The minimum Gasteiger partial charge on any atom is -0.480 e. The smallest absolute Gasteiger partial charge is 0.322 e. The predicted octanol–water partition coefficient (Wildman–Crippen LogP) is 11.8. The molecule has 0 aliphatic rings. The zero-order valence-corrected chi connectivity index (χ0v) is 30.4. The van der Waals surface area contributed by atoms with Crippen LogP contribution in [-0.4, -0.2) is 35.6 Å². The largest absolute Gasteiger partial charge is 0.480 e. The third kappa shape index (κ3) is 35.0. The van der Waals surface area contributed by atoms with Crippen molar-refractivity contribution in [3.8, 4) is 0 Å². The minimum absolute atomic E-state index is 0.0827. The second-order valence-electron chi connectivity index (χ2n) is 13.5. The van der Waals surface area contributed by atoms with E-state index in [2.05, 4.69) is 31.3 Å². The molecule has 0 saturated heterocycles. The number of unbranched alkanes of at least 4 members (excludes halogenated alkanes) is 25. The number of nitrogens with one attached hydrogen (secondary N) is 1. The number of carbonyl (C=O) groups is 3. The Morgan fingerprint density at radius 3 is 1.46 bits per heavy atom. The number of aliphatic carboxylic acids is 1. The number of rotatable bonds is 36. The van der Waals surface area contributed by atoms with Crippen LogP contribution in [0, 0.1) is 0 Å². The van der Waals surface area contributed by atoms with Crippen LogP contribution in [0.5, 0.6) is 0 Å². The van der Waals surface area contributed by atoms with Crippen LogP contribution in [0.25, 0.3) is 0 Å². The van der Waals surface area contributed by atoms with E-state index >= 15 is 0 Å². The number of hydrogen-bond acceptors (Lipinski definition) is 4. The second kappa shape index (κ2) is 36.0. The van der Waals surface area contributed by atoms with Gasteiger partial charge in [0.05, 0.1) is 0 Å². The highest BCUT2D eigenvalue weighted by Crippen LogP contribution is 2.16. The third-order valence-electron chi connectivity index (χ3n) is 8.92. The molecule has 0 aromatic rings. The highest BCUT2D eigenvalue weighted by atomic mass is 16.5. The van der Waals surface area contributed by atoms with Gasteiger partial charge in [0.15, 0.2) is 0 Å². The van der Waals surface area contributed by atoms with Crippen LogP contribution in [0.15, 0.2) is 12.2 Å². The van der Waals surface area contributed by atoms with Crippen molar-refractivity contribution in [1.29, 1.82) is 0 Å². The molecule has 0 saturated carbocycles. The fourth-order valence-corrected chi connectivity index (χ4v) is 5.95. The molecule has 2 N–H and O–H groups in total. The first-order valence-corrected chi connectivity index (χ1v) is 19.8. The molecular weight excluding hydrogens is 574 g/mol. The summed E-state index contributed by atoms with van der Waals surface area (Å²) in [6.07, 6.45) is 40.9. The van der Waals surface area contributed by atoms with Crippen LogP contribution >= 0.6 is 0 Å². The normalized spacial score (nSPS) is 12.0. The van der Waals surface area contributed by atoms with Gasteiger partial charge in [-0.05, 0) is 44.6 Å². The number of ether oxygens (including phenoxy) is 1. The number of hydrogen-bond donors (Lipinski definition) is 2. The van der Waals surface area contributed by atoms with Gasteiger partial charge >= 0.3 is 11.9 Å². The fraction of sp³-hybridized carbons (Fsp3) is 0.875. The maximum absolute atomic E-state index is 12.6. The summed E-state index contributed by atoms with van der Waals surface area (Å²) in [6.45, 7) is 4.16. The van der Waals surface area contributed by atoms with Gasteiger partial charge in [0, 0.05) is 12.8 Å². The van der Waals surface area contributed by atoms with Crippen LogP contribution in [0.2, 0.25) is 0 Å². The lowest BCUT2D eigenvalue weighted by Gasteiger charge is -2.15. The van der Waals surface area contributed by atoms with Gasteiger partial charge in [-0.1, -0.05) is 168 Å². The van der Waals surface area contributed by atoms with Crippen molar-refractivity contribution in [1.82, 2.24) is 5.32 Å². The van der Waals surface area contributed by atoms with Gasteiger partial charge < -0.3 is 15.2 Å². The highest BCUT2D eigenvalue weighted by molar-refractivity contribution is 5.80. The first-order valence-electron chi connectivity index (χ1n) is 19.8. The Morgan fingerprint density at radius 2 is 0.978 bits per heavy atom. The molecule has 1 atom stereocenters. The van der Waals surface area contributed by atoms with Crippen LogP contribution in [0.4, 0.5) is 0 Å². The standard InChI is InChI=1S/C40H75NO5/c1-3-5-7-9-10-11-12-13-14-15-16-17-18-19-20-21-22-23-25-31-35-40(45)46-37(32-28-24-8-6-4-2)33-29-26-27-30-34-38(42)41-36-39(43)44/h28,32,37H,3-27,29-31,33-36H2,1-2H3,(H,41,42)(H,43,44)/b32-28-. The van der Waals surface area contributed by atoms with E-state index in [9.17, 15) is 14.4 Å². The summed E-state index contributed by atoms with van der Waals surface area (Å²) in [5.41, 5.74) is 0. The van der Waals surface area contributed by atoms with E-state index in [1.807, 2.05) is 0 Å². The molecule has 46 heavy (non-hydrogen) atoms. The number of allylic oxidation sites excluding steroid dienone is 1. The van der Waals surface area contributed by atoms with Gasteiger partial charge in [-0.2, -0.15) is 0 Å². The number of amides is 1. The molecule has 1 unspecified atom stereocenters. The summed E-state index contributed by atoms with van der Waals surface area (Å²) in [5, 5.41) is 11.0. The van der Waals surface area contributed by atoms with E-state index in [0.717, 1.165) is 57.8 Å². The lowest BCUT2D eigenvalue weighted by molar-refractivity contribution is -0.147. The Labute approximate surface area is 284 Å². The van der Waals surface area contributed by atoms with Crippen LogP contribution in [-0.2, 0) is 19.1 Å². The van der Waals surface area contributed by atoms with Crippen molar-refractivity contribution in [3.05, 3.63) is 12.2 Å². The number of carboxylic acids is 1. The zero-order chi connectivity index (χ0) is 33.8.